The molecule has 0 saturated carbocycles. The summed E-state index contributed by atoms with van der Waals surface area (Å²) in [5.74, 6) is 0.482. The zero-order chi connectivity index (χ0) is 22.0. The number of H-pyrrole nitrogens is 1. The topological polar surface area (TPSA) is 116 Å². The highest BCUT2D eigenvalue weighted by Crippen LogP contribution is 2.21. The monoisotopic (exact) mass is 412 g/mol. The minimum absolute atomic E-state index is 0.0961. The van der Waals surface area contributed by atoms with E-state index in [1.165, 1.54) is 0 Å². The molecule has 8 heteroatoms. The van der Waals surface area contributed by atoms with Crippen molar-refractivity contribution in [2.45, 2.75) is 26.7 Å². The number of aryl methyl sites for hydroxylation is 1. The Labute approximate surface area is 178 Å². The van der Waals surface area contributed by atoms with Crippen molar-refractivity contribution in [2.75, 3.05) is 5.32 Å². The number of amides is 1. The highest BCUT2D eigenvalue weighted by Gasteiger charge is 2.13. The summed E-state index contributed by atoms with van der Waals surface area (Å²) in [7, 11) is 0. The lowest BCUT2D eigenvalue weighted by atomic mass is 9.99. The number of benzene rings is 1. The fourth-order valence-corrected chi connectivity index (χ4v) is 3.58. The molecule has 0 spiro atoms. The molecule has 0 saturated heterocycles. The fraction of sp³-hybridized carbons (Fsp3) is 0.174. The maximum atomic E-state index is 12.4. The predicted octanol–water partition coefficient (Wildman–Crippen LogP) is 3.14. The van der Waals surface area contributed by atoms with E-state index in [1.807, 2.05) is 53.2 Å². The summed E-state index contributed by atoms with van der Waals surface area (Å²) in [5, 5.41) is 12.1. The summed E-state index contributed by atoms with van der Waals surface area (Å²) in [6, 6.07) is 11.2. The molecule has 154 valence electrons. The van der Waals surface area contributed by atoms with Gasteiger partial charge in [0.05, 0.1) is 5.69 Å². The summed E-state index contributed by atoms with van der Waals surface area (Å²) in [5.41, 5.74) is 4.24. The van der Waals surface area contributed by atoms with E-state index in [4.69, 9.17) is 0 Å². The number of nitrogens with one attached hydrogen (secondary N) is 2. The lowest BCUT2D eigenvalue weighted by molar-refractivity contribution is -0.116. The van der Waals surface area contributed by atoms with Gasteiger partial charge in [-0.1, -0.05) is 12.1 Å². The van der Waals surface area contributed by atoms with E-state index >= 15 is 0 Å². The van der Waals surface area contributed by atoms with Crippen molar-refractivity contribution in [3.63, 3.8) is 0 Å². The van der Waals surface area contributed by atoms with Crippen LogP contribution in [-0.2, 0) is 11.2 Å². The van der Waals surface area contributed by atoms with E-state index in [2.05, 4.69) is 20.3 Å². The van der Waals surface area contributed by atoms with Gasteiger partial charge in [-0.2, -0.15) is 5.26 Å². The molecular formula is C23H20N6O2. The van der Waals surface area contributed by atoms with Crippen LogP contribution in [0.15, 0.2) is 53.7 Å². The highest BCUT2D eigenvalue weighted by atomic mass is 16.1. The number of nitrogens with zero attached hydrogens (tertiary/aromatic N) is 4. The van der Waals surface area contributed by atoms with Crippen LogP contribution in [0, 0.1) is 25.2 Å². The Kier molecular flexibility index (Phi) is 5.33. The highest BCUT2D eigenvalue weighted by molar-refractivity contribution is 5.91. The van der Waals surface area contributed by atoms with Crippen molar-refractivity contribution in [2.24, 2.45) is 0 Å². The Hall–Kier alpha value is -4.25. The smallest absolute Gasteiger partial charge is 0.266 e. The van der Waals surface area contributed by atoms with E-state index in [1.54, 1.807) is 20.0 Å². The minimum atomic E-state index is -0.396. The van der Waals surface area contributed by atoms with Gasteiger partial charge in [-0.05, 0) is 49.6 Å². The molecule has 0 unspecified atom stereocenters. The summed E-state index contributed by atoms with van der Waals surface area (Å²) in [6.45, 7) is 3.51. The lowest BCUT2D eigenvalue weighted by Gasteiger charge is -2.11. The number of aromatic nitrogens is 4. The van der Waals surface area contributed by atoms with E-state index in [0.717, 1.165) is 16.8 Å². The third-order valence-electron chi connectivity index (χ3n) is 5.22. The maximum absolute atomic E-state index is 12.4. The first kappa shape index (κ1) is 20.0. The Morgan fingerprint density at radius 1 is 1.26 bits per heavy atom. The molecule has 0 aliphatic heterocycles. The van der Waals surface area contributed by atoms with E-state index in [9.17, 15) is 14.9 Å². The zero-order valence-electron chi connectivity index (χ0n) is 17.1. The summed E-state index contributed by atoms with van der Waals surface area (Å²) in [6.07, 6.45) is 6.15. The fourth-order valence-electron chi connectivity index (χ4n) is 3.58. The Bertz CT molecular complexity index is 1340. The number of carbonyl (C=O) groups excluding carboxylic acids is 1. The van der Waals surface area contributed by atoms with E-state index in [0.29, 0.717) is 29.1 Å². The zero-order valence-corrected chi connectivity index (χ0v) is 17.1. The van der Waals surface area contributed by atoms with Crippen molar-refractivity contribution in [1.82, 2.24) is 19.4 Å². The molecule has 8 nitrogen and oxygen atoms in total. The second-order valence-electron chi connectivity index (χ2n) is 7.25. The van der Waals surface area contributed by atoms with Crippen LogP contribution in [0.25, 0.3) is 17.0 Å². The van der Waals surface area contributed by atoms with Crippen LogP contribution in [0.5, 0.6) is 0 Å². The van der Waals surface area contributed by atoms with Crippen molar-refractivity contribution in [3.8, 4) is 17.3 Å². The normalized spacial score (nSPS) is 10.7. The number of hydrogen-bond donors (Lipinski definition) is 2. The van der Waals surface area contributed by atoms with Crippen molar-refractivity contribution in [3.05, 3.63) is 81.7 Å². The average Bonchev–Trinajstić information content (AvgIpc) is 3.18. The molecule has 0 aliphatic rings. The quantitative estimate of drug-likeness (QED) is 0.522. The van der Waals surface area contributed by atoms with Crippen LogP contribution in [0.2, 0.25) is 0 Å². The van der Waals surface area contributed by atoms with Crippen molar-refractivity contribution in [1.29, 1.82) is 5.26 Å². The van der Waals surface area contributed by atoms with Crippen LogP contribution < -0.4 is 10.9 Å². The van der Waals surface area contributed by atoms with Gasteiger partial charge >= 0.3 is 0 Å². The number of carbonyl (C=O) groups is 1. The summed E-state index contributed by atoms with van der Waals surface area (Å²) in [4.78, 5) is 35.7. The largest absolute Gasteiger partial charge is 0.326 e. The molecular weight excluding hydrogens is 392 g/mol. The van der Waals surface area contributed by atoms with Gasteiger partial charge < -0.3 is 10.3 Å². The SMILES string of the molecule is Cc1[nH]c(=O)c(C#N)c(C)c1CCC(=O)Nc1ccc(-c2cn3cccnc3n2)cc1. The first-order valence-electron chi connectivity index (χ1n) is 9.78. The molecule has 3 heterocycles. The Morgan fingerprint density at radius 2 is 2.03 bits per heavy atom. The van der Waals surface area contributed by atoms with Crippen molar-refractivity contribution >= 4 is 17.4 Å². The van der Waals surface area contributed by atoms with E-state index < -0.39 is 5.56 Å². The van der Waals surface area contributed by atoms with Crippen LogP contribution in [-0.4, -0.2) is 25.3 Å². The number of imidazole rings is 1. The molecule has 4 aromatic rings. The van der Waals surface area contributed by atoms with Gasteiger partial charge in [-0.15, -0.1) is 0 Å². The number of hydrogen-bond acceptors (Lipinski definition) is 5. The van der Waals surface area contributed by atoms with Crippen LogP contribution >= 0.6 is 0 Å². The molecule has 2 N–H and O–H groups in total. The molecule has 4 rings (SSSR count). The van der Waals surface area contributed by atoms with Crippen molar-refractivity contribution < 1.29 is 4.79 Å². The average molecular weight is 412 g/mol. The van der Waals surface area contributed by atoms with E-state index in [-0.39, 0.29) is 17.9 Å². The number of aromatic amines is 1. The molecule has 0 aliphatic carbocycles. The standard InChI is InChI=1S/C23H20N6O2/c1-14-18(15(2)26-22(31)19(14)12-24)8-9-21(30)27-17-6-4-16(5-7-17)20-13-29-11-3-10-25-23(29)28-20/h3-7,10-11,13H,8-9H2,1-2H3,(H,26,31)(H,27,30). The molecule has 1 amide bonds. The Balaban J connectivity index is 1.43. The summed E-state index contributed by atoms with van der Waals surface area (Å²) >= 11 is 0. The van der Waals surface area contributed by atoms with Gasteiger partial charge in [0.2, 0.25) is 11.7 Å². The molecule has 3 aromatic heterocycles. The number of nitriles is 1. The summed E-state index contributed by atoms with van der Waals surface area (Å²) < 4.78 is 1.85. The molecule has 0 radical (unpaired) electrons. The van der Waals surface area contributed by atoms with Crippen LogP contribution in [0.4, 0.5) is 5.69 Å². The van der Waals surface area contributed by atoms with Gasteiger partial charge in [-0.3, -0.25) is 14.0 Å². The molecule has 0 bridgehead atoms. The van der Waals surface area contributed by atoms with Gasteiger partial charge in [0.25, 0.3) is 5.56 Å². The third-order valence-corrected chi connectivity index (χ3v) is 5.22. The number of rotatable bonds is 5. The molecule has 31 heavy (non-hydrogen) atoms. The first-order valence-corrected chi connectivity index (χ1v) is 9.78. The van der Waals surface area contributed by atoms with Gasteiger partial charge in [-0.25, -0.2) is 9.97 Å². The third kappa shape index (κ3) is 4.07. The second kappa shape index (κ2) is 8.24. The number of fused-ring (bicyclic) bond motifs is 1. The predicted molar refractivity (Wildman–Crippen MR) is 117 cm³/mol. The molecule has 0 atom stereocenters. The van der Waals surface area contributed by atoms with Gasteiger partial charge in [0, 0.05) is 42.0 Å². The first-order chi connectivity index (χ1) is 15.0. The molecule has 0 fully saturated rings. The second-order valence-corrected chi connectivity index (χ2v) is 7.25. The van der Waals surface area contributed by atoms with Gasteiger partial charge in [0.1, 0.15) is 11.6 Å². The molecule has 1 aromatic carbocycles. The maximum Gasteiger partial charge on any atom is 0.266 e. The van der Waals surface area contributed by atoms with Crippen LogP contribution in [0.1, 0.15) is 28.8 Å². The number of anilines is 1. The number of pyridine rings is 1. The minimum Gasteiger partial charge on any atom is -0.326 e. The van der Waals surface area contributed by atoms with Gasteiger partial charge in [0.15, 0.2) is 0 Å². The Morgan fingerprint density at radius 3 is 2.74 bits per heavy atom. The van der Waals surface area contributed by atoms with Crippen LogP contribution in [0.3, 0.4) is 0 Å². The lowest BCUT2D eigenvalue weighted by Crippen LogP contribution is -2.18.